The lowest BCUT2D eigenvalue weighted by Gasteiger charge is -2.27. The van der Waals surface area contributed by atoms with E-state index >= 15 is 0 Å². The Bertz CT molecular complexity index is 3980. The summed E-state index contributed by atoms with van der Waals surface area (Å²) in [5.74, 6) is 0. The number of hydrogen-bond acceptors (Lipinski definition) is 1. The Kier molecular flexibility index (Phi) is 9.54. The van der Waals surface area contributed by atoms with Crippen LogP contribution in [-0.2, 0) is 0 Å². The fourth-order valence-corrected chi connectivity index (χ4v) is 10.6. The van der Waals surface area contributed by atoms with Crippen LogP contribution in [0.2, 0.25) is 0 Å². The molecule has 0 bridgehead atoms. The van der Waals surface area contributed by atoms with Crippen LogP contribution in [0, 0.1) is 0 Å². The second-order valence-electron chi connectivity index (χ2n) is 17.6. The minimum Gasteiger partial charge on any atom is -0.308 e. The molecule has 0 unspecified atom stereocenters. The Morgan fingerprint density at radius 3 is 1.43 bits per heavy atom. The number of nitrogens with zero attached hydrogens (tertiary/aromatic N) is 2. The van der Waals surface area contributed by atoms with E-state index in [4.69, 9.17) is 0 Å². The van der Waals surface area contributed by atoms with Gasteiger partial charge in [-0.25, -0.2) is 0 Å². The summed E-state index contributed by atoms with van der Waals surface area (Å²) < 4.78 is 2.43. The Labute approximate surface area is 395 Å². The van der Waals surface area contributed by atoms with Crippen molar-refractivity contribution < 1.29 is 0 Å². The van der Waals surface area contributed by atoms with E-state index in [0.29, 0.717) is 0 Å². The van der Waals surface area contributed by atoms with Gasteiger partial charge in [-0.3, -0.25) is 0 Å². The highest BCUT2D eigenvalue weighted by Gasteiger charge is 2.23. The second kappa shape index (κ2) is 16.5. The van der Waals surface area contributed by atoms with Gasteiger partial charge in [0.15, 0.2) is 0 Å². The second-order valence-corrected chi connectivity index (χ2v) is 17.6. The lowest BCUT2D eigenvalue weighted by molar-refractivity contribution is 1.17. The van der Waals surface area contributed by atoms with E-state index < -0.39 is 0 Å². The zero-order valence-corrected chi connectivity index (χ0v) is 37.3. The van der Waals surface area contributed by atoms with Crippen molar-refractivity contribution in [2.75, 3.05) is 4.90 Å². The summed E-state index contributed by atoms with van der Waals surface area (Å²) in [5, 5.41) is 9.93. The maximum absolute atomic E-state index is 2.43. The molecule has 0 saturated carbocycles. The van der Waals surface area contributed by atoms with Crippen molar-refractivity contribution in [2.45, 2.75) is 0 Å². The molecule has 1 aromatic heterocycles. The first-order chi connectivity index (χ1) is 33.7. The topological polar surface area (TPSA) is 8.17 Å². The molecule has 0 amide bonds. The number of para-hydroxylation sites is 3. The van der Waals surface area contributed by atoms with Crippen molar-refractivity contribution >= 4 is 71.2 Å². The van der Waals surface area contributed by atoms with Crippen LogP contribution in [0.4, 0.5) is 17.1 Å². The van der Waals surface area contributed by atoms with Crippen molar-refractivity contribution in [2.24, 2.45) is 0 Å². The molecule has 2 heteroatoms. The first-order valence-corrected chi connectivity index (χ1v) is 23.4. The minimum absolute atomic E-state index is 1.08. The van der Waals surface area contributed by atoms with Crippen LogP contribution in [-0.4, -0.2) is 4.57 Å². The van der Waals surface area contributed by atoms with Crippen molar-refractivity contribution in [3.05, 3.63) is 267 Å². The molecule has 0 saturated heterocycles. The molecule has 0 atom stereocenters. The van der Waals surface area contributed by atoms with Crippen LogP contribution in [0.1, 0.15) is 0 Å². The summed E-state index contributed by atoms with van der Waals surface area (Å²) >= 11 is 0. The number of benzene rings is 12. The van der Waals surface area contributed by atoms with Crippen LogP contribution in [0.25, 0.3) is 104 Å². The van der Waals surface area contributed by atoms with Gasteiger partial charge in [0.1, 0.15) is 0 Å². The van der Waals surface area contributed by atoms with E-state index in [1.807, 2.05) is 0 Å². The molecule has 0 spiro atoms. The summed E-state index contributed by atoms with van der Waals surface area (Å²) in [5.41, 5.74) is 16.4. The normalized spacial score (nSPS) is 11.5. The van der Waals surface area contributed by atoms with Gasteiger partial charge < -0.3 is 9.47 Å². The van der Waals surface area contributed by atoms with Crippen molar-refractivity contribution in [3.8, 4) is 50.2 Å². The molecule has 0 aliphatic carbocycles. The number of fused-ring (bicyclic) bond motifs is 7. The van der Waals surface area contributed by atoms with E-state index in [1.165, 1.54) is 87.6 Å². The van der Waals surface area contributed by atoms with Gasteiger partial charge in [-0.15, -0.1) is 0 Å². The smallest absolute Gasteiger partial charge is 0.0782 e. The molecule has 0 aliphatic heterocycles. The standard InChI is InChI=1S/C66H44N2/c1-4-18-48(19-5-1)64-59-27-13-12-25-56(59)57-42-37-52(44-61(57)65(64)49-20-6-2-7-21-49)47-35-40-55(41-36-47)67(54-38-33-46(34-39-54)51-32-31-45-17-10-11-22-50(45)43-51)63-30-16-28-60-58-26-14-15-29-62(58)68(66(60)63)53-23-8-3-9-24-53/h1-44H. The Balaban J connectivity index is 0.992. The minimum atomic E-state index is 1.08. The summed E-state index contributed by atoms with van der Waals surface area (Å²) in [7, 11) is 0. The Morgan fingerprint density at radius 2 is 0.750 bits per heavy atom. The lowest BCUT2D eigenvalue weighted by Crippen LogP contribution is -2.11. The highest BCUT2D eigenvalue weighted by molar-refractivity contribution is 6.22. The van der Waals surface area contributed by atoms with Crippen molar-refractivity contribution in [1.29, 1.82) is 0 Å². The molecule has 0 aliphatic rings. The SMILES string of the molecule is c1ccc(-c2c(-c3ccccc3)c3cc(-c4ccc(N(c5ccc(-c6ccc7ccccc7c6)cc5)c5cccc6c7ccccc7n(-c7ccccc7)c56)cc4)ccc3c3ccccc23)cc1. The number of anilines is 3. The third-order valence-electron chi connectivity index (χ3n) is 13.7. The predicted molar refractivity (Wildman–Crippen MR) is 290 cm³/mol. The molecular weight excluding hydrogens is 821 g/mol. The summed E-state index contributed by atoms with van der Waals surface area (Å²) in [6, 6.07) is 97.5. The average molecular weight is 865 g/mol. The molecule has 68 heavy (non-hydrogen) atoms. The average Bonchev–Trinajstić information content (AvgIpc) is 3.76. The third kappa shape index (κ3) is 6.65. The van der Waals surface area contributed by atoms with Gasteiger partial charge in [0, 0.05) is 27.8 Å². The first-order valence-electron chi connectivity index (χ1n) is 23.4. The lowest BCUT2D eigenvalue weighted by atomic mass is 9.84. The summed E-state index contributed by atoms with van der Waals surface area (Å²) in [6.07, 6.45) is 0. The van der Waals surface area contributed by atoms with Gasteiger partial charge in [0.25, 0.3) is 0 Å². The van der Waals surface area contributed by atoms with Crippen molar-refractivity contribution in [1.82, 2.24) is 4.57 Å². The van der Waals surface area contributed by atoms with Gasteiger partial charge in [-0.05, 0) is 137 Å². The monoisotopic (exact) mass is 864 g/mol. The Hall–Kier alpha value is -8.98. The third-order valence-corrected chi connectivity index (χ3v) is 13.7. The van der Waals surface area contributed by atoms with E-state index in [-0.39, 0.29) is 0 Å². The van der Waals surface area contributed by atoms with Crippen LogP contribution in [0.5, 0.6) is 0 Å². The summed E-state index contributed by atoms with van der Waals surface area (Å²) in [6.45, 7) is 0. The molecule has 2 nitrogen and oxygen atoms in total. The van der Waals surface area contributed by atoms with Crippen LogP contribution >= 0.6 is 0 Å². The largest absolute Gasteiger partial charge is 0.308 e. The maximum Gasteiger partial charge on any atom is 0.0782 e. The number of rotatable bonds is 8. The van der Waals surface area contributed by atoms with E-state index in [9.17, 15) is 0 Å². The zero-order valence-electron chi connectivity index (χ0n) is 37.3. The highest BCUT2D eigenvalue weighted by Crippen LogP contribution is 2.47. The molecule has 12 aromatic carbocycles. The van der Waals surface area contributed by atoms with Gasteiger partial charge in [0.2, 0.25) is 0 Å². The molecule has 13 aromatic rings. The van der Waals surface area contributed by atoms with Crippen molar-refractivity contribution in [3.63, 3.8) is 0 Å². The molecule has 1 heterocycles. The van der Waals surface area contributed by atoms with E-state index in [2.05, 4.69) is 276 Å². The van der Waals surface area contributed by atoms with Gasteiger partial charge in [-0.1, -0.05) is 206 Å². The molecular formula is C66H44N2. The fourth-order valence-electron chi connectivity index (χ4n) is 10.6. The molecule has 13 rings (SSSR count). The zero-order chi connectivity index (χ0) is 45.0. The quantitative estimate of drug-likeness (QED) is 0.138. The predicted octanol–water partition coefficient (Wildman–Crippen LogP) is 18.4. The van der Waals surface area contributed by atoms with Crippen LogP contribution < -0.4 is 4.90 Å². The molecule has 318 valence electrons. The first kappa shape index (κ1) is 39.4. The van der Waals surface area contributed by atoms with Gasteiger partial charge in [0.05, 0.1) is 16.7 Å². The van der Waals surface area contributed by atoms with Gasteiger partial charge in [-0.2, -0.15) is 0 Å². The Morgan fingerprint density at radius 1 is 0.265 bits per heavy atom. The van der Waals surface area contributed by atoms with E-state index in [0.717, 1.165) is 33.8 Å². The fraction of sp³-hybridized carbons (Fsp3) is 0. The maximum atomic E-state index is 2.43. The number of aromatic nitrogens is 1. The van der Waals surface area contributed by atoms with Crippen LogP contribution in [0.15, 0.2) is 267 Å². The molecule has 0 fully saturated rings. The number of hydrogen-bond donors (Lipinski definition) is 0. The molecule has 0 N–H and O–H groups in total. The van der Waals surface area contributed by atoms with E-state index in [1.54, 1.807) is 0 Å². The molecule has 0 radical (unpaired) electrons. The highest BCUT2D eigenvalue weighted by atomic mass is 15.2. The van der Waals surface area contributed by atoms with Gasteiger partial charge >= 0.3 is 0 Å². The summed E-state index contributed by atoms with van der Waals surface area (Å²) in [4.78, 5) is 2.43. The van der Waals surface area contributed by atoms with Crippen LogP contribution in [0.3, 0.4) is 0 Å².